The van der Waals surface area contributed by atoms with Crippen LogP contribution in [0.3, 0.4) is 0 Å². The second-order valence-corrected chi connectivity index (χ2v) is 3.59. The van der Waals surface area contributed by atoms with Crippen molar-refractivity contribution in [3.63, 3.8) is 0 Å². The van der Waals surface area contributed by atoms with Crippen molar-refractivity contribution in [2.75, 3.05) is 13.2 Å². The maximum absolute atomic E-state index is 9.73. The molecule has 2 atom stereocenters. The third kappa shape index (κ3) is 3.36. The molecule has 0 fully saturated rings. The van der Waals surface area contributed by atoms with Crippen LogP contribution in [0.25, 0.3) is 0 Å². The highest BCUT2D eigenvalue weighted by Gasteiger charge is 2.19. The summed E-state index contributed by atoms with van der Waals surface area (Å²) >= 11 is 0. The Morgan fingerprint density at radius 3 is 2.33 bits per heavy atom. The summed E-state index contributed by atoms with van der Waals surface area (Å²) in [5, 5.41) is 27.6. The lowest BCUT2D eigenvalue weighted by Crippen LogP contribution is -2.15. The van der Waals surface area contributed by atoms with Crippen molar-refractivity contribution in [3.05, 3.63) is 23.8 Å². The van der Waals surface area contributed by atoms with Crippen LogP contribution >= 0.6 is 0 Å². The molecule has 5 heteroatoms. The van der Waals surface area contributed by atoms with Gasteiger partial charge in [-0.25, -0.2) is 0 Å². The zero-order chi connectivity index (χ0) is 13.5. The van der Waals surface area contributed by atoms with Crippen molar-refractivity contribution < 1.29 is 19.7 Å². The summed E-state index contributed by atoms with van der Waals surface area (Å²) in [5.74, 6) is 1.06. The van der Waals surface area contributed by atoms with Gasteiger partial charge in [0.25, 0.3) is 0 Å². The summed E-state index contributed by atoms with van der Waals surface area (Å²) < 4.78 is 10.8. The van der Waals surface area contributed by atoms with E-state index in [1.54, 1.807) is 24.3 Å². The predicted molar refractivity (Wildman–Crippen MR) is 65.4 cm³/mol. The van der Waals surface area contributed by atoms with E-state index in [0.29, 0.717) is 30.3 Å². The standard InChI is InChI=1S/C13H17NO4/c1-3-17-11-6-5-9(7-12(11)18-4-2)13(16)10(15)8-14/h5-7,10,13,15-16H,3-4H2,1-2H3. The number of nitriles is 1. The Morgan fingerprint density at radius 2 is 1.78 bits per heavy atom. The first-order chi connectivity index (χ1) is 8.63. The Morgan fingerprint density at radius 1 is 1.17 bits per heavy atom. The fourth-order valence-electron chi connectivity index (χ4n) is 1.50. The van der Waals surface area contributed by atoms with Gasteiger partial charge in [-0.3, -0.25) is 0 Å². The number of benzene rings is 1. The predicted octanol–water partition coefficient (Wildman–Crippen LogP) is 1.40. The van der Waals surface area contributed by atoms with Gasteiger partial charge >= 0.3 is 0 Å². The van der Waals surface area contributed by atoms with Gasteiger partial charge in [0.15, 0.2) is 17.6 Å². The van der Waals surface area contributed by atoms with E-state index in [1.165, 1.54) is 0 Å². The van der Waals surface area contributed by atoms with Crippen molar-refractivity contribution in [1.29, 1.82) is 5.26 Å². The molecule has 1 aromatic carbocycles. The topological polar surface area (TPSA) is 82.7 Å². The maximum atomic E-state index is 9.73. The van der Waals surface area contributed by atoms with Crippen LogP contribution in [0.2, 0.25) is 0 Å². The second kappa shape index (κ2) is 6.84. The molecule has 0 aliphatic carbocycles. The summed E-state index contributed by atoms with van der Waals surface area (Å²) in [7, 11) is 0. The van der Waals surface area contributed by atoms with Gasteiger partial charge in [0.2, 0.25) is 0 Å². The van der Waals surface area contributed by atoms with Crippen LogP contribution in [0.4, 0.5) is 0 Å². The summed E-state index contributed by atoms with van der Waals surface area (Å²) in [6, 6.07) is 6.40. The highest BCUT2D eigenvalue weighted by atomic mass is 16.5. The minimum atomic E-state index is -1.46. The molecule has 1 aromatic rings. The first-order valence-electron chi connectivity index (χ1n) is 5.79. The highest BCUT2D eigenvalue weighted by molar-refractivity contribution is 5.44. The molecule has 2 unspecified atom stereocenters. The van der Waals surface area contributed by atoms with Crippen LogP contribution in [0.15, 0.2) is 18.2 Å². The van der Waals surface area contributed by atoms with Gasteiger partial charge in [0.05, 0.1) is 19.3 Å². The third-order valence-corrected chi connectivity index (χ3v) is 2.34. The van der Waals surface area contributed by atoms with Gasteiger partial charge < -0.3 is 19.7 Å². The molecule has 98 valence electrons. The van der Waals surface area contributed by atoms with Crippen LogP contribution < -0.4 is 9.47 Å². The number of hydrogen-bond acceptors (Lipinski definition) is 5. The Labute approximate surface area is 106 Å². The molecule has 5 nitrogen and oxygen atoms in total. The van der Waals surface area contributed by atoms with E-state index >= 15 is 0 Å². The van der Waals surface area contributed by atoms with Crippen molar-refractivity contribution in [2.24, 2.45) is 0 Å². The van der Waals surface area contributed by atoms with E-state index in [0.717, 1.165) is 0 Å². The lowest BCUT2D eigenvalue weighted by atomic mass is 10.0. The molecular formula is C13H17NO4. The van der Waals surface area contributed by atoms with E-state index in [1.807, 2.05) is 13.8 Å². The second-order valence-electron chi connectivity index (χ2n) is 3.59. The highest BCUT2D eigenvalue weighted by Crippen LogP contribution is 2.31. The van der Waals surface area contributed by atoms with Crippen molar-refractivity contribution in [3.8, 4) is 17.6 Å². The quantitative estimate of drug-likeness (QED) is 0.747. The Kier molecular flexibility index (Phi) is 5.43. The lowest BCUT2D eigenvalue weighted by Gasteiger charge is -2.16. The molecule has 0 aliphatic rings. The number of aliphatic hydroxyl groups excluding tert-OH is 2. The zero-order valence-electron chi connectivity index (χ0n) is 10.5. The summed E-state index contributed by atoms with van der Waals surface area (Å²) in [6.07, 6.45) is -2.72. The fraction of sp³-hybridized carbons (Fsp3) is 0.462. The molecule has 2 N–H and O–H groups in total. The average Bonchev–Trinajstić information content (AvgIpc) is 2.39. The van der Waals surface area contributed by atoms with Crippen molar-refractivity contribution in [1.82, 2.24) is 0 Å². The molecule has 18 heavy (non-hydrogen) atoms. The molecule has 0 saturated heterocycles. The smallest absolute Gasteiger partial charge is 0.170 e. The van der Waals surface area contributed by atoms with Crippen molar-refractivity contribution >= 4 is 0 Å². The summed E-state index contributed by atoms with van der Waals surface area (Å²) in [4.78, 5) is 0. The molecule has 1 rings (SSSR count). The van der Waals surface area contributed by atoms with Gasteiger partial charge in [-0.1, -0.05) is 6.07 Å². The van der Waals surface area contributed by atoms with Gasteiger partial charge in [-0.05, 0) is 31.5 Å². The first-order valence-corrected chi connectivity index (χ1v) is 5.79. The van der Waals surface area contributed by atoms with Gasteiger partial charge in [0, 0.05) is 0 Å². The normalized spacial score (nSPS) is 13.5. The fourth-order valence-corrected chi connectivity index (χ4v) is 1.50. The molecule has 0 amide bonds. The molecule has 0 spiro atoms. The number of hydrogen-bond donors (Lipinski definition) is 2. The zero-order valence-corrected chi connectivity index (χ0v) is 10.5. The average molecular weight is 251 g/mol. The summed E-state index contributed by atoms with van der Waals surface area (Å²) in [5.41, 5.74) is 0.413. The number of nitrogens with zero attached hydrogens (tertiary/aromatic N) is 1. The van der Waals surface area contributed by atoms with E-state index in [9.17, 15) is 10.2 Å². The van der Waals surface area contributed by atoms with Gasteiger partial charge in [0.1, 0.15) is 6.10 Å². The monoisotopic (exact) mass is 251 g/mol. The Bertz CT molecular complexity index is 427. The molecule has 0 bridgehead atoms. The minimum Gasteiger partial charge on any atom is -0.490 e. The number of aliphatic hydroxyl groups is 2. The van der Waals surface area contributed by atoms with Gasteiger partial charge in [-0.15, -0.1) is 0 Å². The van der Waals surface area contributed by atoms with E-state index in [-0.39, 0.29) is 0 Å². The molecule has 0 saturated carbocycles. The summed E-state index contributed by atoms with van der Waals surface area (Å²) in [6.45, 7) is 4.66. The molecule has 0 radical (unpaired) electrons. The molecule has 0 aliphatic heterocycles. The van der Waals surface area contributed by atoms with Crippen LogP contribution in [-0.2, 0) is 0 Å². The van der Waals surface area contributed by atoms with Crippen LogP contribution in [0.5, 0.6) is 11.5 Å². The van der Waals surface area contributed by atoms with Crippen LogP contribution in [0.1, 0.15) is 25.5 Å². The largest absolute Gasteiger partial charge is 0.490 e. The third-order valence-electron chi connectivity index (χ3n) is 2.34. The molecule has 0 heterocycles. The van der Waals surface area contributed by atoms with Crippen LogP contribution in [-0.4, -0.2) is 29.5 Å². The van der Waals surface area contributed by atoms with E-state index < -0.39 is 12.2 Å². The minimum absolute atomic E-state index is 0.413. The van der Waals surface area contributed by atoms with Crippen molar-refractivity contribution in [2.45, 2.75) is 26.1 Å². The molecule has 0 aromatic heterocycles. The van der Waals surface area contributed by atoms with E-state index in [4.69, 9.17) is 14.7 Å². The van der Waals surface area contributed by atoms with Gasteiger partial charge in [-0.2, -0.15) is 5.26 Å². The number of ether oxygens (including phenoxy) is 2. The first kappa shape index (κ1) is 14.3. The maximum Gasteiger partial charge on any atom is 0.170 e. The number of rotatable bonds is 6. The Balaban J connectivity index is 3.02. The lowest BCUT2D eigenvalue weighted by molar-refractivity contribution is 0.0525. The van der Waals surface area contributed by atoms with Crippen LogP contribution in [0, 0.1) is 11.3 Å². The van der Waals surface area contributed by atoms with E-state index in [2.05, 4.69) is 0 Å². The SMILES string of the molecule is CCOc1ccc(C(O)C(O)C#N)cc1OCC. The molecular weight excluding hydrogens is 234 g/mol. The Hall–Kier alpha value is -1.77.